The maximum Gasteiger partial charge on any atom is 0.343 e. The van der Waals surface area contributed by atoms with Gasteiger partial charge in [0, 0.05) is 6.20 Å². The van der Waals surface area contributed by atoms with Gasteiger partial charge in [-0.05, 0) is 12.1 Å². The molecule has 0 aliphatic heterocycles. The lowest BCUT2D eigenvalue weighted by Crippen LogP contribution is -2.18. The quantitative estimate of drug-likeness (QED) is 0.809. The van der Waals surface area contributed by atoms with E-state index < -0.39 is 0 Å². The van der Waals surface area contributed by atoms with Crippen LogP contribution in [-0.2, 0) is 0 Å². The molecule has 0 saturated carbocycles. The molecule has 1 aromatic heterocycles. The van der Waals surface area contributed by atoms with Gasteiger partial charge in [0.15, 0.2) is 0 Å². The van der Waals surface area contributed by atoms with Crippen LogP contribution in [0.15, 0.2) is 24.4 Å². The first-order valence-corrected chi connectivity index (χ1v) is 4.45. The van der Waals surface area contributed by atoms with Gasteiger partial charge in [-0.25, -0.2) is 9.78 Å². The van der Waals surface area contributed by atoms with Gasteiger partial charge in [0.25, 0.3) is 0 Å². The van der Waals surface area contributed by atoms with Crippen LogP contribution in [0.4, 0.5) is 10.6 Å². The van der Waals surface area contributed by atoms with Gasteiger partial charge in [0.05, 0.1) is 32.3 Å². The Morgan fingerprint density at radius 3 is 2.75 bits per heavy atom. The average Bonchev–Trinajstić information content (AvgIpc) is 2.06. The van der Waals surface area contributed by atoms with Crippen molar-refractivity contribution in [3.05, 3.63) is 24.4 Å². The van der Waals surface area contributed by atoms with Crippen LogP contribution < -0.4 is 5.32 Å². The van der Waals surface area contributed by atoms with Gasteiger partial charge in [-0.1, -0.05) is 6.07 Å². The lowest BCUT2D eigenvalue weighted by molar-refractivity contribution is 0.251. The van der Waals surface area contributed by atoms with Gasteiger partial charge in [0.1, 0.15) is 5.82 Å². The van der Waals surface area contributed by atoms with Crippen LogP contribution in [0.25, 0.3) is 0 Å². The summed E-state index contributed by atoms with van der Waals surface area (Å²) in [4.78, 5) is 14.9. The van der Waals surface area contributed by atoms with Crippen molar-refractivity contribution in [2.75, 3.05) is 5.32 Å². The van der Waals surface area contributed by atoms with E-state index in [4.69, 9.17) is 0 Å². The summed E-state index contributed by atoms with van der Waals surface area (Å²) in [5, 5.41) is 2.52. The fraction of sp³-hybridized carbons (Fsp3) is 0. The molecule has 0 saturated heterocycles. The minimum absolute atomic E-state index is 0.339. The van der Waals surface area contributed by atoms with E-state index in [1.165, 1.54) is 0 Å². The molecule has 1 N–H and O–H groups in total. The van der Waals surface area contributed by atoms with Crippen molar-refractivity contribution < 1.29 is 4.79 Å². The number of carbonyl (C=O) groups is 1. The summed E-state index contributed by atoms with van der Waals surface area (Å²) in [6, 6.07) is 4.92. The zero-order valence-electron chi connectivity index (χ0n) is 5.87. The van der Waals surface area contributed by atoms with Crippen molar-refractivity contribution >= 4 is 44.1 Å². The molecule has 4 nitrogen and oxygen atoms in total. The Labute approximate surface area is 86.6 Å². The Bertz CT molecular complexity index is 265. The SMILES string of the molecule is O=C(Nc1ccccn1)N(Br)Br. The van der Waals surface area contributed by atoms with Gasteiger partial charge in [-0.3, -0.25) is 5.32 Å². The highest BCUT2D eigenvalue weighted by Gasteiger charge is 2.06. The Morgan fingerprint density at radius 1 is 1.50 bits per heavy atom. The smallest absolute Gasteiger partial charge is 0.291 e. The van der Waals surface area contributed by atoms with Crippen LogP contribution >= 0.6 is 32.3 Å². The second kappa shape index (κ2) is 4.42. The number of rotatable bonds is 1. The minimum Gasteiger partial charge on any atom is -0.291 e. The summed E-state index contributed by atoms with van der Waals surface area (Å²) in [6.45, 7) is 0. The van der Waals surface area contributed by atoms with Crippen LogP contribution in [0.2, 0.25) is 0 Å². The highest BCUT2D eigenvalue weighted by atomic mass is 79.9. The molecule has 1 aromatic rings. The topological polar surface area (TPSA) is 45.2 Å². The fourth-order valence-electron chi connectivity index (χ4n) is 0.589. The number of halogens is 2. The first kappa shape index (κ1) is 9.47. The molecule has 64 valence electrons. The Hall–Kier alpha value is -0.620. The summed E-state index contributed by atoms with van der Waals surface area (Å²) in [6.07, 6.45) is 1.60. The molecule has 0 fully saturated rings. The lowest BCUT2D eigenvalue weighted by atomic mass is 10.5. The molecule has 6 heteroatoms. The van der Waals surface area contributed by atoms with Crippen LogP contribution in [0.5, 0.6) is 0 Å². The second-order valence-corrected chi connectivity index (χ2v) is 4.25. The Balaban J connectivity index is 2.59. The van der Waals surface area contributed by atoms with Gasteiger partial charge >= 0.3 is 6.03 Å². The fourth-order valence-corrected chi connectivity index (χ4v) is 0.766. The van der Waals surface area contributed by atoms with Gasteiger partial charge in [-0.2, -0.15) is 2.95 Å². The van der Waals surface area contributed by atoms with Gasteiger partial charge < -0.3 is 0 Å². The molecule has 0 spiro atoms. The molecular formula is C6H5Br2N3O. The van der Waals surface area contributed by atoms with E-state index in [1.807, 2.05) is 0 Å². The van der Waals surface area contributed by atoms with Gasteiger partial charge in [0.2, 0.25) is 0 Å². The van der Waals surface area contributed by atoms with Crippen molar-refractivity contribution in [3.8, 4) is 0 Å². The van der Waals surface area contributed by atoms with Gasteiger partial charge in [-0.15, -0.1) is 0 Å². The van der Waals surface area contributed by atoms with E-state index in [0.29, 0.717) is 5.82 Å². The first-order chi connectivity index (χ1) is 5.70. The number of hydrogen-bond donors (Lipinski definition) is 1. The number of nitrogens with zero attached hydrogens (tertiary/aromatic N) is 2. The third-order valence-electron chi connectivity index (χ3n) is 1.05. The van der Waals surface area contributed by atoms with Crippen LogP contribution in [0.3, 0.4) is 0 Å². The Morgan fingerprint density at radius 2 is 2.25 bits per heavy atom. The molecule has 0 aliphatic rings. The van der Waals surface area contributed by atoms with E-state index in [-0.39, 0.29) is 6.03 Å². The van der Waals surface area contributed by atoms with Crippen LogP contribution in [0.1, 0.15) is 0 Å². The maximum absolute atomic E-state index is 11.0. The van der Waals surface area contributed by atoms with Crippen LogP contribution in [0, 0.1) is 0 Å². The number of urea groups is 1. The third kappa shape index (κ3) is 2.78. The molecular weight excluding hydrogens is 290 g/mol. The molecule has 2 amide bonds. The average molecular weight is 295 g/mol. The molecule has 0 bridgehead atoms. The van der Waals surface area contributed by atoms with Crippen molar-refractivity contribution in [2.45, 2.75) is 0 Å². The van der Waals surface area contributed by atoms with Crippen molar-refractivity contribution in [1.29, 1.82) is 0 Å². The third-order valence-corrected chi connectivity index (χ3v) is 1.70. The number of carbonyl (C=O) groups excluding carboxylic acids is 1. The number of nitrogens with one attached hydrogen (secondary N) is 1. The minimum atomic E-state index is -0.339. The summed E-state index contributed by atoms with van der Waals surface area (Å²) in [5.74, 6) is 0.506. The molecule has 0 radical (unpaired) electrons. The zero-order valence-corrected chi connectivity index (χ0v) is 9.04. The van der Waals surface area contributed by atoms with Crippen LogP contribution in [-0.4, -0.2) is 14.0 Å². The summed E-state index contributed by atoms with van der Waals surface area (Å²) in [5.41, 5.74) is 0. The lowest BCUT2D eigenvalue weighted by Gasteiger charge is -2.05. The van der Waals surface area contributed by atoms with E-state index in [9.17, 15) is 4.79 Å². The number of amides is 2. The van der Waals surface area contributed by atoms with E-state index in [2.05, 4.69) is 42.6 Å². The Kier molecular flexibility index (Phi) is 3.48. The van der Waals surface area contributed by atoms with Crippen molar-refractivity contribution in [2.24, 2.45) is 0 Å². The molecule has 1 rings (SSSR count). The second-order valence-electron chi connectivity index (χ2n) is 1.88. The maximum atomic E-state index is 11.0. The standard InChI is InChI=1S/C6H5Br2N3O/c7-11(8)6(12)10-5-3-1-2-4-9-5/h1-4H,(H,9,10,12). The summed E-state index contributed by atoms with van der Waals surface area (Å²) < 4.78 is 1.08. The number of anilines is 1. The largest absolute Gasteiger partial charge is 0.343 e. The molecule has 0 aromatic carbocycles. The highest BCUT2D eigenvalue weighted by Crippen LogP contribution is 2.09. The zero-order chi connectivity index (χ0) is 8.97. The van der Waals surface area contributed by atoms with E-state index in [1.54, 1.807) is 24.4 Å². The van der Waals surface area contributed by atoms with E-state index in [0.717, 1.165) is 2.95 Å². The first-order valence-electron chi connectivity index (χ1n) is 3.04. The van der Waals surface area contributed by atoms with Crippen molar-refractivity contribution in [1.82, 2.24) is 7.94 Å². The predicted octanol–water partition coefficient (Wildman–Crippen LogP) is 2.54. The number of pyridine rings is 1. The molecule has 12 heavy (non-hydrogen) atoms. The number of aromatic nitrogens is 1. The van der Waals surface area contributed by atoms with Crippen molar-refractivity contribution in [3.63, 3.8) is 0 Å². The summed E-state index contributed by atoms with van der Waals surface area (Å²) in [7, 11) is 0. The summed E-state index contributed by atoms with van der Waals surface area (Å²) >= 11 is 5.81. The normalized spacial score (nSPS) is 9.17. The molecule has 1 heterocycles. The molecule has 0 unspecified atom stereocenters. The predicted molar refractivity (Wildman–Crippen MR) is 52.9 cm³/mol. The molecule has 0 aliphatic carbocycles. The molecule has 0 atom stereocenters. The monoisotopic (exact) mass is 293 g/mol. The van der Waals surface area contributed by atoms with E-state index >= 15 is 0 Å². The number of hydrogen-bond acceptors (Lipinski definition) is 2. The highest BCUT2D eigenvalue weighted by molar-refractivity contribution is 9.21.